The van der Waals surface area contributed by atoms with Crippen LogP contribution in [-0.4, -0.2) is 26.6 Å². The minimum atomic E-state index is -2.48. The molecule has 0 aromatic rings. The highest BCUT2D eigenvalue weighted by atomic mass is 79.9. The van der Waals surface area contributed by atoms with Crippen LogP contribution >= 0.6 is 15.9 Å². The van der Waals surface area contributed by atoms with Gasteiger partial charge < -0.3 is 15.3 Å². The normalized spacial score (nSPS) is 12.0. The lowest BCUT2D eigenvalue weighted by Crippen LogP contribution is -2.26. The maximum Gasteiger partial charge on any atom is 0.275 e. The Kier molecular flexibility index (Phi) is 3.55. The van der Waals surface area contributed by atoms with E-state index >= 15 is 0 Å². The number of rotatable bonds is 3. The van der Waals surface area contributed by atoms with Crippen LogP contribution in [0.1, 0.15) is 12.8 Å². The second-order valence-electron chi connectivity index (χ2n) is 1.57. The fourth-order valence-electron chi connectivity index (χ4n) is 0.304. The molecule has 4 heteroatoms. The van der Waals surface area contributed by atoms with Crippen molar-refractivity contribution < 1.29 is 15.3 Å². The maximum absolute atomic E-state index is 8.24. The predicted octanol–water partition coefficient (Wildman–Crippen LogP) is -0.208. The molecule has 3 nitrogen and oxygen atoms in total. The van der Waals surface area contributed by atoms with E-state index < -0.39 is 5.97 Å². The van der Waals surface area contributed by atoms with Gasteiger partial charge in [0.2, 0.25) is 0 Å². The molecule has 0 aliphatic rings. The summed E-state index contributed by atoms with van der Waals surface area (Å²) >= 11 is 3.07. The Morgan fingerprint density at radius 2 is 1.75 bits per heavy atom. The second kappa shape index (κ2) is 3.40. The molecule has 0 bridgehead atoms. The van der Waals surface area contributed by atoms with Crippen LogP contribution in [0.4, 0.5) is 0 Å². The highest BCUT2D eigenvalue weighted by Gasteiger charge is 2.15. The summed E-state index contributed by atoms with van der Waals surface area (Å²) in [5.41, 5.74) is 0. The first kappa shape index (κ1) is 8.36. The van der Waals surface area contributed by atoms with Crippen LogP contribution in [0.3, 0.4) is 0 Å². The summed E-state index contributed by atoms with van der Waals surface area (Å²) in [6.45, 7) is 0. The molecule has 0 spiro atoms. The molecule has 0 fully saturated rings. The summed E-state index contributed by atoms with van der Waals surface area (Å²) in [6, 6.07) is 0. The first-order valence-electron chi connectivity index (χ1n) is 2.29. The Morgan fingerprint density at radius 1 is 1.25 bits per heavy atom. The average Bonchev–Trinajstić information content (AvgIpc) is 1.59. The molecular formula is C4H9BrO3. The Balaban J connectivity index is 3.11. The third-order valence-corrected chi connectivity index (χ3v) is 1.21. The van der Waals surface area contributed by atoms with E-state index in [0.29, 0.717) is 11.8 Å². The molecule has 0 aliphatic heterocycles. The van der Waals surface area contributed by atoms with Crippen molar-refractivity contribution in [3.63, 3.8) is 0 Å². The van der Waals surface area contributed by atoms with Crippen LogP contribution in [0.2, 0.25) is 0 Å². The van der Waals surface area contributed by atoms with Crippen LogP contribution in [0, 0.1) is 0 Å². The summed E-state index contributed by atoms with van der Waals surface area (Å²) in [7, 11) is 0. The third-order valence-electron chi connectivity index (χ3n) is 0.646. The van der Waals surface area contributed by atoms with Crippen molar-refractivity contribution in [1.82, 2.24) is 0 Å². The lowest BCUT2D eigenvalue weighted by atomic mass is 10.3. The van der Waals surface area contributed by atoms with E-state index in [9.17, 15) is 0 Å². The van der Waals surface area contributed by atoms with Crippen LogP contribution in [0.15, 0.2) is 0 Å². The summed E-state index contributed by atoms with van der Waals surface area (Å²) in [5, 5.41) is 25.4. The van der Waals surface area contributed by atoms with Gasteiger partial charge in [-0.1, -0.05) is 15.9 Å². The van der Waals surface area contributed by atoms with Gasteiger partial charge >= 0.3 is 0 Å². The van der Waals surface area contributed by atoms with Crippen LogP contribution in [0.25, 0.3) is 0 Å². The highest BCUT2D eigenvalue weighted by Crippen LogP contribution is 2.04. The lowest BCUT2D eigenvalue weighted by molar-refractivity contribution is -0.314. The van der Waals surface area contributed by atoms with Crippen molar-refractivity contribution >= 4 is 15.9 Å². The Bertz CT molecular complexity index is 58.8. The summed E-state index contributed by atoms with van der Waals surface area (Å²) in [6.07, 6.45) is 0.530. The molecule has 0 radical (unpaired) electrons. The zero-order chi connectivity index (χ0) is 6.62. The van der Waals surface area contributed by atoms with E-state index in [2.05, 4.69) is 15.9 Å². The lowest BCUT2D eigenvalue weighted by Gasteiger charge is -2.11. The standard InChI is InChI=1S/C4H9BrO3/c5-3-1-2-4(6,7)8/h6-8H,1-3H2. The van der Waals surface area contributed by atoms with Gasteiger partial charge in [0.1, 0.15) is 0 Å². The molecule has 8 heavy (non-hydrogen) atoms. The molecule has 0 aromatic carbocycles. The Labute approximate surface area is 56.1 Å². The van der Waals surface area contributed by atoms with Crippen molar-refractivity contribution in [2.24, 2.45) is 0 Å². The molecule has 0 unspecified atom stereocenters. The van der Waals surface area contributed by atoms with E-state index in [4.69, 9.17) is 15.3 Å². The highest BCUT2D eigenvalue weighted by molar-refractivity contribution is 9.09. The smallest absolute Gasteiger partial charge is 0.275 e. The zero-order valence-corrected chi connectivity index (χ0v) is 5.93. The number of hydrogen-bond donors (Lipinski definition) is 3. The molecule has 3 N–H and O–H groups in total. The van der Waals surface area contributed by atoms with E-state index in [1.54, 1.807) is 0 Å². The largest absolute Gasteiger partial charge is 0.344 e. The van der Waals surface area contributed by atoms with Crippen molar-refractivity contribution in [3.05, 3.63) is 0 Å². The monoisotopic (exact) mass is 184 g/mol. The minimum Gasteiger partial charge on any atom is -0.344 e. The van der Waals surface area contributed by atoms with Gasteiger partial charge in [-0.15, -0.1) is 0 Å². The number of halogens is 1. The predicted molar refractivity (Wildman–Crippen MR) is 32.4 cm³/mol. The van der Waals surface area contributed by atoms with Gasteiger partial charge in [0.25, 0.3) is 5.97 Å². The van der Waals surface area contributed by atoms with Crippen molar-refractivity contribution in [1.29, 1.82) is 0 Å². The van der Waals surface area contributed by atoms with E-state index in [-0.39, 0.29) is 6.42 Å². The number of aliphatic hydroxyl groups is 3. The molecule has 0 saturated heterocycles. The Hall–Kier alpha value is 0.360. The van der Waals surface area contributed by atoms with Gasteiger partial charge in [0, 0.05) is 11.8 Å². The summed E-state index contributed by atoms with van der Waals surface area (Å²) in [5.74, 6) is -2.48. The average molecular weight is 185 g/mol. The first-order valence-corrected chi connectivity index (χ1v) is 3.41. The van der Waals surface area contributed by atoms with Gasteiger partial charge in [-0.25, -0.2) is 0 Å². The van der Waals surface area contributed by atoms with E-state index in [1.807, 2.05) is 0 Å². The molecule has 0 aromatic heterocycles. The molecule has 0 rings (SSSR count). The summed E-state index contributed by atoms with van der Waals surface area (Å²) in [4.78, 5) is 0. The maximum atomic E-state index is 8.24. The van der Waals surface area contributed by atoms with Crippen molar-refractivity contribution in [2.45, 2.75) is 18.8 Å². The van der Waals surface area contributed by atoms with Crippen molar-refractivity contribution in [3.8, 4) is 0 Å². The topological polar surface area (TPSA) is 60.7 Å². The zero-order valence-electron chi connectivity index (χ0n) is 4.34. The van der Waals surface area contributed by atoms with Crippen LogP contribution in [0.5, 0.6) is 0 Å². The molecule has 0 amide bonds. The van der Waals surface area contributed by atoms with Crippen molar-refractivity contribution in [2.75, 3.05) is 5.33 Å². The number of hydrogen-bond acceptors (Lipinski definition) is 3. The van der Waals surface area contributed by atoms with Gasteiger partial charge in [0.15, 0.2) is 0 Å². The Morgan fingerprint density at radius 3 is 1.88 bits per heavy atom. The molecular weight excluding hydrogens is 176 g/mol. The minimum absolute atomic E-state index is 0.0156. The molecule has 0 saturated carbocycles. The fraction of sp³-hybridized carbons (Fsp3) is 1.00. The van der Waals surface area contributed by atoms with Gasteiger partial charge in [-0.05, 0) is 6.42 Å². The second-order valence-corrected chi connectivity index (χ2v) is 2.36. The fourth-order valence-corrected chi connectivity index (χ4v) is 0.584. The van der Waals surface area contributed by atoms with Crippen LogP contribution in [-0.2, 0) is 0 Å². The van der Waals surface area contributed by atoms with Crippen LogP contribution < -0.4 is 0 Å². The van der Waals surface area contributed by atoms with E-state index in [1.165, 1.54) is 0 Å². The van der Waals surface area contributed by atoms with Gasteiger partial charge in [0.05, 0.1) is 0 Å². The molecule has 0 heterocycles. The summed E-state index contributed by atoms with van der Waals surface area (Å²) < 4.78 is 0. The molecule has 0 atom stereocenters. The molecule has 0 aliphatic carbocycles. The quantitative estimate of drug-likeness (QED) is 0.421. The van der Waals surface area contributed by atoms with Gasteiger partial charge in [-0.2, -0.15) is 0 Å². The van der Waals surface area contributed by atoms with Gasteiger partial charge in [-0.3, -0.25) is 0 Å². The number of alkyl halides is 1. The first-order chi connectivity index (χ1) is 3.56. The third kappa shape index (κ3) is 6.36. The molecule has 50 valence electrons. The SMILES string of the molecule is OC(O)(O)CCCBr. The van der Waals surface area contributed by atoms with E-state index in [0.717, 1.165) is 0 Å².